The summed E-state index contributed by atoms with van der Waals surface area (Å²) in [6.45, 7) is 1.52. The lowest BCUT2D eigenvalue weighted by Crippen LogP contribution is -2.17. The molecule has 162 valence electrons. The van der Waals surface area contributed by atoms with E-state index in [-0.39, 0.29) is 17.8 Å². The smallest absolute Gasteiger partial charge is 0.325 e. The summed E-state index contributed by atoms with van der Waals surface area (Å²) in [6, 6.07) is 12.0. The maximum Gasteiger partial charge on any atom is 0.416 e. The summed E-state index contributed by atoms with van der Waals surface area (Å²) < 4.78 is 39.0. The molecule has 0 atom stereocenters. The van der Waals surface area contributed by atoms with Gasteiger partial charge in [-0.3, -0.25) is 9.59 Å². The molecule has 0 radical (unpaired) electrons. The van der Waals surface area contributed by atoms with Crippen LogP contribution in [0.15, 0.2) is 48.5 Å². The zero-order valence-electron chi connectivity index (χ0n) is 16.5. The minimum absolute atomic E-state index is 0.0119. The highest BCUT2D eigenvalue weighted by molar-refractivity contribution is 5.99. The van der Waals surface area contributed by atoms with E-state index in [0.29, 0.717) is 18.8 Å². The summed E-state index contributed by atoms with van der Waals surface area (Å²) in [5.41, 5.74) is -0.168. The Bertz CT molecular complexity index is 1070. The zero-order valence-corrected chi connectivity index (χ0v) is 16.5. The fourth-order valence-electron chi connectivity index (χ4n) is 2.76. The number of halogens is 3. The average molecular weight is 432 g/mol. The molecule has 0 saturated carbocycles. The number of nitrogens with one attached hydrogen (secondary N) is 2. The Morgan fingerprint density at radius 1 is 1.03 bits per heavy atom. The number of aromatic nitrogens is 4. The molecule has 3 rings (SSSR count). The first-order valence-electron chi connectivity index (χ1n) is 9.34. The van der Waals surface area contributed by atoms with Crippen molar-refractivity contribution < 1.29 is 22.8 Å². The van der Waals surface area contributed by atoms with Crippen LogP contribution in [0.2, 0.25) is 0 Å². The van der Waals surface area contributed by atoms with Crippen LogP contribution in [0.5, 0.6) is 0 Å². The van der Waals surface area contributed by atoms with Crippen LogP contribution in [0.1, 0.15) is 25.3 Å². The van der Waals surface area contributed by atoms with Crippen LogP contribution in [-0.2, 0) is 22.3 Å². The highest BCUT2D eigenvalue weighted by atomic mass is 19.4. The van der Waals surface area contributed by atoms with Gasteiger partial charge in [0.1, 0.15) is 0 Å². The molecule has 31 heavy (non-hydrogen) atoms. The van der Waals surface area contributed by atoms with Gasteiger partial charge in [0.05, 0.1) is 23.5 Å². The molecular weight excluding hydrogens is 413 g/mol. The second kappa shape index (κ2) is 9.37. The van der Waals surface area contributed by atoms with Crippen molar-refractivity contribution in [3.8, 4) is 11.4 Å². The third kappa shape index (κ3) is 6.11. The molecule has 1 aromatic heterocycles. The molecule has 0 spiro atoms. The normalized spacial score (nSPS) is 11.2. The molecule has 2 amide bonds. The maximum absolute atomic E-state index is 13.0. The van der Waals surface area contributed by atoms with Crippen molar-refractivity contribution in [2.75, 3.05) is 10.6 Å². The molecule has 0 saturated heterocycles. The first-order chi connectivity index (χ1) is 14.7. The number of carbonyl (C=O) groups excluding carboxylic acids is 2. The monoisotopic (exact) mass is 432 g/mol. The van der Waals surface area contributed by atoms with Crippen molar-refractivity contribution in [2.24, 2.45) is 0 Å². The topological polar surface area (TPSA) is 102 Å². The SMILES string of the molecule is CC(=O)Nc1ccc(C(F)(F)F)cc1NC(=O)CCCn1nnc(-c2ccccc2)n1. The van der Waals surface area contributed by atoms with Crippen LogP contribution in [0.3, 0.4) is 0 Å². The van der Waals surface area contributed by atoms with Gasteiger partial charge in [0.15, 0.2) is 0 Å². The van der Waals surface area contributed by atoms with Gasteiger partial charge in [-0.1, -0.05) is 30.3 Å². The van der Waals surface area contributed by atoms with Gasteiger partial charge >= 0.3 is 6.18 Å². The van der Waals surface area contributed by atoms with Gasteiger partial charge in [0.2, 0.25) is 17.6 Å². The standard InChI is InChI=1S/C20H19F3N6O2/c1-13(30)24-16-10-9-15(20(21,22)23)12-17(16)25-18(31)8-5-11-29-27-19(26-28-29)14-6-3-2-4-7-14/h2-4,6-7,9-10,12H,5,8,11H2,1H3,(H,24,30)(H,25,31). The van der Waals surface area contributed by atoms with E-state index < -0.39 is 23.6 Å². The van der Waals surface area contributed by atoms with Gasteiger partial charge in [-0.15, -0.1) is 10.2 Å². The van der Waals surface area contributed by atoms with Crippen LogP contribution in [0, 0.1) is 0 Å². The zero-order chi connectivity index (χ0) is 22.4. The van der Waals surface area contributed by atoms with E-state index >= 15 is 0 Å². The van der Waals surface area contributed by atoms with E-state index in [1.807, 2.05) is 30.3 Å². The summed E-state index contributed by atoms with van der Waals surface area (Å²) in [6.07, 6.45) is -4.23. The minimum atomic E-state index is -4.58. The molecule has 0 aliphatic carbocycles. The average Bonchev–Trinajstić information content (AvgIpc) is 3.18. The van der Waals surface area contributed by atoms with E-state index in [2.05, 4.69) is 26.0 Å². The Morgan fingerprint density at radius 2 is 1.77 bits per heavy atom. The van der Waals surface area contributed by atoms with Gasteiger partial charge in [0.25, 0.3) is 0 Å². The second-order valence-electron chi connectivity index (χ2n) is 6.67. The highest BCUT2D eigenvalue weighted by Crippen LogP contribution is 2.34. The number of benzene rings is 2. The Morgan fingerprint density at radius 3 is 2.45 bits per heavy atom. The number of alkyl halides is 3. The fraction of sp³-hybridized carbons (Fsp3) is 0.250. The summed E-state index contributed by atoms with van der Waals surface area (Å²) in [7, 11) is 0. The number of tetrazole rings is 1. The van der Waals surface area contributed by atoms with E-state index in [4.69, 9.17) is 0 Å². The van der Waals surface area contributed by atoms with Gasteiger partial charge in [-0.25, -0.2) is 0 Å². The van der Waals surface area contributed by atoms with Crippen molar-refractivity contribution >= 4 is 23.2 Å². The second-order valence-corrected chi connectivity index (χ2v) is 6.67. The van der Waals surface area contributed by atoms with E-state index in [1.165, 1.54) is 11.7 Å². The number of nitrogens with zero attached hydrogens (tertiary/aromatic N) is 4. The predicted molar refractivity (Wildman–Crippen MR) is 107 cm³/mol. The Kier molecular flexibility index (Phi) is 6.63. The van der Waals surface area contributed by atoms with Crippen LogP contribution in [0.25, 0.3) is 11.4 Å². The summed E-state index contributed by atoms with van der Waals surface area (Å²) >= 11 is 0. The van der Waals surface area contributed by atoms with Gasteiger partial charge in [-0.05, 0) is 29.8 Å². The summed E-state index contributed by atoms with van der Waals surface area (Å²) in [5, 5.41) is 17.0. The molecule has 2 aromatic carbocycles. The first-order valence-corrected chi connectivity index (χ1v) is 9.34. The van der Waals surface area contributed by atoms with Crippen molar-refractivity contribution in [1.82, 2.24) is 20.2 Å². The lowest BCUT2D eigenvalue weighted by atomic mass is 10.1. The van der Waals surface area contributed by atoms with E-state index in [1.54, 1.807) is 0 Å². The number of rotatable bonds is 7. The molecule has 0 unspecified atom stereocenters. The van der Waals surface area contributed by atoms with Crippen LogP contribution in [-0.4, -0.2) is 32.0 Å². The van der Waals surface area contributed by atoms with Crippen LogP contribution < -0.4 is 10.6 Å². The van der Waals surface area contributed by atoms with E-state index in [9.17, 15) is 22.8 Å². The van der Waals surface area contributed by atoms with Gasteiger partial charge < -0.3 is 10.6 Å². The molecule has 8 nitrogen and oxygen atoms in total. The van der Waals surface area contributed by atoms with Crippen molar-refractivity contribution in [2.45, 2.75) is 32.5 Å². The number of amides is 2. The Balaban J connectivity index is 1.60. The quantitative estimate of drug-likeness (QED) is 0.592. The molecule has 0 aliphatic heterocycles. The third-order valence-corrected chi connectivity index (χ3v) is 4.18. The Labute approximate surface area is 175 Å². The number of carbonyl (C=O) groups is 2. The molecule has 1 heterocycles. The third-order valence-electron chi connectivity index (χ3n) is 4.18. The molecule has 2 N–H and O–H groups in total. The number of hydrogen-bond acceptors (Lipinski definition) is 5. The van der Waals surface area contributed by atoms with Crippen LogP contribution in [0.4, 0.5) is 24.5 Å². The molecule has 0 aliphatic rings. The maximum atomic E-state index is 13.0. The first kappa shape index (κ1) is 21.9. The Hall–Kier alpha value is -3.76. The molecular formula is C20H19F3N6O2. The number of hydrogen-bond donors (Lipinski definition) is 2. The van der Waals surface area contributed by atoms with Gasteiger partial charge in [0, 0.05) is 18.9 Å². The molecule has 3 aromatic rings. The largest absolute Gasteiger partial charge is 0.416 e. The van der Waals surface area contributed by atoms with Crippen molar-refractivity contribution in [3.05, 3.63) is 54.1 Å². The summed E-state index contributed by atoms with van der Waals surface area (Å²) in [5.74, 6) is -0.523. The lowest BCUT2D eigenvalue weighted by Gasteiger charge is -2.14. The number of anilines is 2. The number of aryl methyl sites for hydroxylation is 1. The lowest BCUT2D eigenvalue weighted by molar-refractivity contribution is -0.137. The van der Waals surface area contributed by atoms with Crippen molar-refractivity contribution in [3.63, 3.8) is 0 Å². The van der Waals surface area contributed by atoms with E-state index in [0.717, 1.165) is 23.8 Å². The summed E-state index contributed by atoms with van der Waals surface area (Å²) in [4.78, 5) is 24.9. The fourth-order valence-corrected chi connectivity index (χ4v) is 2.76. The molecule has 11 heteroatoms. The highest BCUT2D eigenvalue weighted by Gasteiger charge is 2.31. The van der Waals surface area contributed by atoms with Crippen molar-refractivity contribution in [1.29, 1.82) is 0 Å². The molecule has 0 fully saturated rings. The predicted octanol–water partition coefficient (Wildman–Crippen LogP) is 3.74. The van der Waals surface area contributed by atoms with Crippen LogP contribution >= 0.6 is 0 Å². The van der Waals surface area contributed by atoms with Gasteiger partial charge in [-0.2, -0.15) is 18.0 Å². The molecule has 0 bridgehead atoms. The minimum Gasteiger partial charge on any atom is -0.325 e.